The summed E-state index contributed by atoms with van der Waals surface area (Å²) in [5, 5.41) is 38.3. The number of Topliss-reactive ketones (excluding diaryl/α,β-unsaturated/α-hetero) is 1. The molecule has 1 rings (SSSR count). The fraction of sp³-hybridized carbons (Fsp3) is 0.867. The van der Waals surface area contributed by atoms with Crippen LogP contribution in [0.25, 0.3) is 0 Å². The van der Waals surface area contributed by atoms with Crippen LogP contribution >= 0.6 is 0 Å². The third-order valence-corrected chi connectivity index (χ3v) is 7.25. The van der Waals surface area contributed by atoms with Gasteiger partial charge in [-0.1, -0.05) is 55.4 Å². The van der Waals surface area contributed by atoms with Gasteiger partial charge in [0.15, 0.2) is 18.2 Å². The van der Waals surface area contributed by atoms with E-state index in [1.165, 1.54) is 7.11 Å². The second-order valence-corrected chi connectivity index (χ2v) is 13.8. The summed E-state index contributed by atoms with van der Waals surface area (Å²) in [5.41, 5.74) is -0.601. The van der Waals surface area contributed by atoms with E-state index in [0.29, 0.717) is 32.1 Å². The maximum absolute atomic E-state index is 13.3. The van der Waals surface area contributed by atoms with Crippen LogP contribution < -0.4 is 16.0 Å². The molecule has 0 aromatic heterocycles. The van der Waals surface area contributed by atoms with Gasteiger partial charge < -0.3 is 40.7 Å². The Bertz CT molecular complexity index is 895. The molecule has 1 heterocycles. The van der Waals surface area contributed by atoms with Gasteiger partial charge in [-0.15, -0.1) is 0 Å². The molecule has 244 valence electrons. The normalized spacial score (nSPS) is 24.5. The number of ether oxygens (including phenoxy) is 2. The molecule has 0 aromatic rings. The van der Waals surface area contributed by atoms with Crippen molar-refractivity contribution in [2.24, 2.45) is 16.7 Å². The molecular formula is C30H55N3O9. The van der Waals surface area contributed by atoms with E-state index in [1.54, 1.807) is 20.8 Å². The van der Waals surface area contributed by atoms with Gasteiger partial charge in [0, 0.05) is 25.5 Å². The van der Waals surface area contributed by atoms with Crippen molar-refractivity contribution < 1.29 is 44.0 Å². The predicted octanol–water partition coefficient (Wildman–Crippen LogP) is 1.18. The average Bonchev–Trinajstić information content (AvgIpc) is 2.87. The fourth-order valence-electron chi connectivity index (χ4n) is 4.66. The molecule has 7 atom stereocenters. The highest BCUT2D eigenvalue weighted by Crippen LogP contribution is 2.23. The van der Waals surface area contributed by atoms with E-state index in [9.17, 15) is 34.5 Å². The van der Waals surface area contributed by atoms with Crippen molar-refractivity contribution in [3.8, 4) is 0 Å². The first-order valence-corrected chi connectivity index (χ1v) is 14.9. The van der Waals surface area contributed by atoms with Crippen LogP contribution in [-0.2, 0) is 28.7 Å². The Labute approximate surface area is 250 Å². The van der Waals surface area contributed by atoms with Crippen LogP contribution in [0.1, 0.15) is 93.9 Å². The van der Waals surface area contributed by atoms with E-state index >= 15 is 0 Å². The maximum Gasteiger partial charge on any atom is 0.252 e. The van der Waals surface area contributed by atoms with Crippen LogP contribution in [0.5, 0.6) is 0 Å². The van der Waals surface area contributed by atoms with E-state index in [0.717, 1.165) is 6.42 Å². The molecule has 0 bridgehead atoms. The van der Waals surface area contributed by atoms with E-state index in [4.69, 9.17) is 9.47 Å². The molecular weight excluding hydrogens is 546 g/mol. The lowest BCUT2D eigenvalue weighted by atomic mass is 9.84. The number of carbonyl (C=O) groups is 4. The molecule has 0 radical (unpaired) electrons. The number of aliphatic hydroxyl groups excluding tert-OH is 3. The molecule has 0 aromatic carbocycles. The van der Waals surface area contributed by atoms with Gasteiger partial charge in [0.25, 0.3) is 5.91 Å². The van der Waals surface area contributed by atoms with Crippen LogP contribution in [0.4, 0.5) is 0 Å². The van der Waals surface area contributed by atoms with Crippen molar-refractivity contribution in [1.29, 1.82) is 0 Å². The lowest BCUT2D eigenvalue weighted by Crippen LogP contribution is -2.61. The second kappa shape index (κ2) is 16.7. The first kappa shape index (κ1) is 37.9. The summed E-state index contributed by atoms with van der Waals surface area (Å²) >= 11 is 0. The fourth-order valence-corrected chi connectivity index (χ4v) is 4.66. The van der Waals surface area contributed by atoms with Gasteiger partial charge in [-0.05, 0) is 43.4 Å². The van der Waals surface area contributed by atoms with Crippen LogP contribution in [-0.4, -0.2) is 95.3 Å². The molecule has 1 aliphatic rings. The monoisotopic (exact) mass is 601 g/mol. The Hall–Kier alpha value is -2.12. The van der Waals surface area contributed by atoms with Crippen LogP contribution in [0.2, 0.25) is 0 Å². The van der Waals surface area contributed by atoms with Gasteiger partial charge in [-0.3, -0.25) is 19.2 Å². The van der Waals surface area contributed by atoms with E-state index in [1.807, 2.05) is 13.8 Å². The van der Waals surface area contributed by atoms with Crippen molar-refractivity contribution in [2.45, 2.75) is 137 Å². The molecule has 12 nitrogen and oxygen atoms in total. The van der Waals surface area contributed by atoms with Gasteiger partial charge in [0.2, 0.25) is 11.8 Å². The minimum Gasteiger partial charge on any atom is -0.387 e. The molecule has 1 aliphatic heterocycles. The first-order valence-electron chi connectivity index (χ1n) is 14.9. The zero-order valence-corrected chi connectivity index (χ0v) is 26.9. The average molecular weight is 602 g/mol. The summed E-state index contributed by atoms with van der Waals surface area (Å²) in [7, 11) is 1.24. The second-order valence-electron chi connectivity index (χ2n) is 13.8. The zero-order valence-electron chi connectivity index (χ0n) is 26.9. The third kappa shape index (κ3) is 12.2. The number of hydrogen-bond donors (Lipinski definition) is 6. The number of ketones is 1. The maximum atomic E-state index is 13.3. The number of aliphatic hydroxyl groups is 3. The molecule has 6 N–H and O–H groups in total. The molecule has 0 saturated carbocycles. The molecule has 0 unspecified atom stereocenters. The van der Waals surface area contributed by atoms with Crippen molar-refractivity contribution in [3.63, 3.8) is 0 Å². The minimum absolute atomic E-state index is 0.114. The van der Waals surface area contributed by atoms with Crippen molar-refractivity contribution in [3.05, 3.63) is 0 Å². The van der Waals surface area contributed by atoms with E-state index in [2.05, 4.69) is 36.7 Å². The zero-order chi connectivity index (χ0) is 32.4. The van der Waals surface area contributed by atoms with Crippen LogP contribution in [0.3, 0.4) is 0 Å². The molecule has 1 fully saturated rings. The smallest absolute Gasteiger partial charge is 0.252 e. The van der Waals surface area contributed by atoms with Crippen LogP contribution in [0, 0.1) is 16.7 Å². The molecule has 1 saturated heterocycles. The van der Waals surface area contributed by atoms with Gasteiger partial charge in [0.05, 0.1) is 6.04 Å². The lowest BCUT2D eigenvalue weighted by Gasteiger charge is -2.38. The Morgan fingerprint density at radius 3 is 2.02 bits per heavy atom. The number of hydrogen-bond acceptors (Lipinski definition) is 9. The number of carbonyl (C=O) groups excluding carboxylic acids is 4. The standard InChI is InChI=1S/C30H55N3O9/c1-17(2)20(33-19(34)14-12-15-29(3,4)5)26(39)32-18(25(38)30(6,7)8)13-10-11-16-31-27(40)24-22(36)21(35)23(37)28(41-9)42-24/h17-18,20-24,28,35-37H,10-16H2,1-9H3,(H,31,40)(H,32,39)(H,33,34)/t18-,20-,21-,22-,23+,24-,28+/m0/s1. The Balaban J connectivity index is 2.73. The minimum atomic E-state index is -1.64. The number of rotatable bonds is 15. The summed E-state index contributed by atoms with van der Waals surface area (Å²) in [4.78, 5) is 51.6. The van der Waals surface area contributed by atoms with Gasteiger partial charge in [-0.2, -0.15) is 0 Å². The number of nitrogens with one attached hydrogen (secondary N) is 3. The third-order valence-electron chi connectivity index (χ3n) is 7.25. The Morgan fingerprint density at radius 1 is 0.881 bits per heavy atom. The van der Waals surface area contributed by atoms with Gasteiger partial charge >= 0.3 is 0 Å². The van der Waals surface area contributed by atoms with E-state index in [-0.39, 0.29) is 29.6 Å². The molecule has 3 amide bonds. The first-order chi connectivity index (χ1) is 19.3. The summed E-state index contributed by atoms with van der Waals surface area (Å²) < 4.78 is 10.2. The highest BCUT2D eigenvalue weighted by Gasteiger charge is 2.46. The van der Waals surface area contributed by atoms with Crippen molar-refractivity contribution >= 4 is 23.5 Å². The SMILES string of the molecule is CO[C@@H]1O[C@H](C(=O)NCCCC[C@H](NC(=O)[C@@H](NC(=O)CCCC(C)(C)C)C(C)C)C(=O)C(C)(C)C)[C@@H](O)[C@H](O)[C@H]1O. The topological polar surface area (TPSA) is 184 Å². The summed E-state index contributed by atoms with van der Waals surface area (Å²) in [6.45, 7) is 15.5. The Kier molecular flexibility index (Phi) is 15.0. The van der Waals surface area contributed by atoms with Crippen molar-refractivity contribution in [2.75, 3.05) is 13.7 Å². The number of unbranched alkanes of at least 4 members (excludes halogenated alkanes) is 1. The molecule has 0 spiro atoms. The molecule has 12 heteroatoms. The quantitative estimate of drug-likeness (QED) is 0.150. The molecule has 0 aliphatic carbocycles. The summed E-state index contributed by atoms with van der Waals surface area (Å²) in [5.74, 6) is -1.62. The molecule has 42 heavy (non-hydrogen) atoms. The van der Waals surface area contributed by atoms with Gasteiger partial charge in [-0.25, -0.2) is 0 Å². The summed E-state index contributed by atoms with van der Waals surface area (Å²) in [6, 6.07) is -1.57. The lowest BCUT2D eigenvalue weighted by molar-refractivity contribution is -0.283. The highest BCUT2D eigenvalue weighted by atomic mass is 16.7. The summed E-state index contributed by atoms with van der Waals surface area (Å²) in [6.07, 6.45) is -4.28. The number of methoxy groups -OCH3 is 1. The highest BCUT2D eigenvalue weighted by molar-refractivity contribution is 5.94. The predicted molar refractivity (Wildman–Crippen MR) is 157 cm³/mol. The van der Waals surface area contributed by atoms with Crippen LogP contribution in [0.15, 0.2) is 0 Å². The van der Waals surface area contributed by atoms with E-state index < -0.39 is 60.0 Å². The number of amides is 3. The van der Waals surface area contributed by atoms with Gasteiger partial charge in [0.1, 0.15) is 24.4 Å². The largest absolute Gasteiger partial charge is 0.387 e. The Morgan fingerprint density at radius 2 is 1.50 bits per heavy atom. The van der Waals surface area contributed by atoms with Crippen molar-refractivity contribution in [1.82, 2.24) is 16.0 Å².